The van der Waals surface area contributed by atoms with Crippen molar-refractivity contribution < 1.29 is 0 Å². The van der Waals surface area contributed by atoms with Crippen molar-refractivity contribution in [2.75, 3.05) is 11.1 Å². The summed E-state index contributed by atoms with van der Waals surface area (Å²) in [7, 11) is 0. The van der Waals surface area contributed by atoms with E-state index < -0.39 is 0 Å². The molecule has 0 bridgehead atoms. The Kier molecular flexibility index (Phi) is 3.56. The van der Waals surface area contributed by atoms with Crippen molar-refractivity contribution in [2.24, 2.45) is 0 Å². The molecule has 18 heavy (non-hydrogen) atoms. The molecule has 3 N–H and O–H groups in total. The Hall–Kier alpha value is -1.96. The van der Waals surface area contributed by atoms with E-state index in [0.717, 1.165) is 0 Å². The maximum Gasteiger partial charge on any atom is 0.148 e. The standard InChI is InChI=1S/C12H8Cl2N4/c13-10-2-1-9(4-11(10)14)18-12-7(5-15)3-8(16)6-17-12/h1-4,6H,16H2,(H,17,18). The highest BCUT2D eigenvalue weighted by Crippen LogP contribution is 2.27. The van der Waals surface area contributed by atoms with E-state index in [0.29, 0.717) is 32.8 Å². The van der Waals surface area contributed by atoms with Crippen molar-refractivity contribution in [2.45, 2.75) is 0 Å². The number of nitrogens with zero attached hydrogens (tertiary/aromatic N) is 2. The summed E-state index contributed by atoms with van der Waals surface area (Å²) in [4.78, 5) is 4.06. The van der Waals surface area contributed by atoms with Crippen LogP contribution in [0.3, 0.4) is 0 Å². The molecule has 0 unspecified atom stereocenters. The zero-order valence-electron chi connectivity index (χ0n) is 9.11. The quantitative estimate of drug-likeness (QED) is 0.880. The number of pyridine rings is 1. The Bertz CT molecular complexity index is 634. The highest BCUT2D eigenvalue weighted by Gasteiger charge is 2.06. The van der Waals surface area contributed by atoms with E-state index in [2.05, 4.69) is 10.3 Å². The molecular formula is C12H8Cl2N4. The van der Waals surface area contributed by atoms with E-state index in [1.165, 1.54) is 6.20 Å². The predicted molar refractivity (Wildman–Crippen MR) is 73.1 cm³/mol. The molecule has 0 aliphatic carbocycles. The summed E-state index contributed by atoms with van der Waals surface area (Å²) in [5, 5.41) is 12.9. The summed E-state index contributed by atoms with van der Waals surface area (Å²) in [5.74, 6) is 0.421. The first kappa shape index (κ1) is 12.5. The molecule has 90 valence electrons. The van der Waals surface area contributed by atoms with Crippen molar-refractivity contribution in [1.82, 2.24) is 4.98 Å². The van der Waals surface area contributed by atoms with Gasteiger partial charge in [-0.05, 0) is 24.3 Å². The maximum absolute atomic E-state index is 8.99. The normalized spacial score (nSPS) is 9.83. The molecule has 1 aromatic heterocycles. The third kappa shape index (κ3) is 2.65. The summed E-state index contributed by atoms with van der Waals surface area (Å²) in [6, 6.07) is 8.63. The molecule has 0 aliphatic heterocycles. The van der Waals surface area contributed by atoms with Crippen LogP contribution in [-0.2, 0) is 0 Å². The van der Waals surface area contributed by atoms with Gasteiger partial charge in [0, 0.05) is 5.69 Å². The number of nitriles is 1. The Morgan fingerprint density at radius 1 is 1.22 bits per heavy atom. The lowest BCUT2D eigenvalue weighted by Crippen LogP contribution is -1.98. The average Bonchev–Trinajstić information content (AvgIpc) is 2.36. The van der Waals surface area contributed by atoms with Crippen LogP contribution >= 0.6 is 23.2 Å². The molecule has 1 heterocycles. The number of aromatic nitrogens is 1. The summed E-state index contributed by atoms with van der Waals surface area (Å²) < 4.78 is 0. The second-order valence-corrected chi connectivity index (χ2v) is 4.34. The molecule has 0 saturated carbocycles. The fourth-order valence-corrected chi connectivity index (χ4v) is 1.67. The molecule has 0 amide bonds. The van der Waals surface area contributed by atoms with Crippen LogP contribution in [0.2, 0.25) is 10.0 Å². The van der Waals surface area contributed by atoms with Crippen LogP contribution in [0.25, 0.3) is 0 Å². The van der Waals surface area contributed by atoms with Crippen LogP contribution in [0.1, 0.15) is 5.56 Å². The van der Waals surface area contributed by atoms with Crippen LogP contribution in [-0.4, -0.2) is 4.98 Å². The summed E-state index contributed by atoms with van der Waals surface area (Å²) in [5.41, 5.74) is 7.05. The van der Waals surface area contributed by atoms with Gasteiger partial charge in [0.25, 0.3) is 0 Å². The van der Waals surface area contributed by atoms with Gasteiger partial charge < -0.3 is 11.1 Å². The zero-order chi connectivity index (χ0) is 13.1. The van der Waals surface area contributed by atoms with Gasteiger partial charge in [-0.25, -0.2) is 4.98 Å². The highest BCUT2D eigenvalue weighted by atomic mass is 35.5. The fraction of sp³-hybridized carbons (Fsp3) is 0. The number of nitrogens with two attached hydrogens (primary N) is 1. The molecule has 0 atom stereocenters. The molecule has 0 spiro atoms. The Morgan fingerprint density at radius 3 is 2.67 bits per heavy atom. The first-order valence-corrected chi connectivity index (χ1v) is 5.73. The molecule has 1 aromatic carbocycles. The van der Waals surface area contributed by atoms with Gasteiger partial charge in [-0.1, -0.05) is 23.2 Å². The number of nitrogen functional groups attached to an aromatic ring is 1. The van der Waals surface area contributed by atoms with Gasteiger partial charge in [-0.15, -0.1) is 0 Å². The summed E-state index contributed by atoms with van der Waals surface area (Å²) >= 11 is 11.7. The number of benzene rings is 1. The third-order valence-electron chi connectivity index (χ3n) is 2.21. The van der Waals surface area contributed by atoms with Crippen molar-refractivity contribution in [1.29, 1.82) is 5.26 Å². The van der Waals surface area contributed by atoms with Gasteiger partial charge >= 0.3 is 0 Å². The van der Waals surface area contributed by atoms with E-state index in [-0.39, 0.29) is 0 Å². The largest absolute Gasteiger partial charge is 0.397 e. The highest BCUT2D eigenvalue weighted by molar-refractivity contribution is 6.42. The number of anilines is 3. The minimum Gasteiger partial charge on any atom is -0.397 e. The van der Waals surface area contributed by atoms with E-state index in [1.807, 2.05) is 6.07 Å². The number of hydrogen-bond donors (Lipinski definition) is 2. The number of rotatable bonds is 2. The monoisotopic (exact) mass is 278 g/mol. The van der Waals surface area contributed by atoms with Gasteiger partial charge in [0.05, 0.1) is 27.5 Å². The fourth-order valence-electron chi connectivity index (χ4n) is 1.38. The van der Waals surface area contributed by atoms with Gasteiger partial charge in [0.2, 0.25) is 0 Å². The topological polar surface area (TPSA) is 74.7 Å². The maximum atomic E-state index is 8.99. The summed E-state index contributed by atoms with van der Waals surface area (Å²) in [6.45, 7) is 0. The second-order valence-electron chi connectivity index (χ2n) is 3.53. The van der Waals surface area contributed by atoms with Gasteiger partial charge in [-0.3, -0.25) is 0 Å². The third-order valence-corrected chi connectivity index (χ3v) is 2.95. The van der Waals surface area contributed by atoms with Crippen molar-refractivity contribution in [3.8, 4) is 6.07 Å². The second kappa shape index (κ2) is 5.13. The molecule has 4 nitrogen and oxygen atoms in total. The minimum absolute atomic E-state index is 0.362. The van der Waals surface area contributed by atoms with Gasteiger partial charge in [0.15, 0.2) is 0 Å². The van der Waals surface area contributed by atoms with E-state index >= 15 is 0 Å². The Labute approximate surface area is 114 Å². The summed E-state index contributed by atoms with van der Waals surface area (Å²) in [6.07, 6.45) is 1.47. The zero-order valence-corrected chi connectivity index (χ0v) is 10.6. The van der Waals surface area contributed by atoms with Crippen LogP contribution in [0.15, 0.2) is 30.5 Å². The van der Waals surface area contributed by atoms with Gasteiger partial charge in [-0.2, -0.15) is 5.26 Å². The van der Waals surface area contributed by atoms with Crippen LogP contribution < -0.4 is 11.1 Å². The SMILES string of the molecule is N#Cc1cc(N)cnc1Nc1ccc(Cl)c(Cl)c1. The molecule has 0 fully saturated rings. The lowest BCUT2D eigenvalue weighted by molar-refractivity contribution is 1.29. The van der Waals surface area contributed by atoms with Crippen molar-refractivity contribution in [3.63, 3.8) is 0 Å². The molecule has 0 aliphatic rings. The number of hydrogen-bond acceptors (Lipinski definition) is 4. The van der Waals surface area contributed by atoms with E-state index in [4.69, 9.17) is 34.2 Å². The lowest BCUT2D eigenvalue weighted by Gasteiger charge is -2.08. The van der Waals surface area contributed by atoms with Crippen molar-refractivity contribution in [3.05, 3.63) is 46.1 Å². The number of halogens is 2. The molecular weight excluding hydrogens is 271 g/mol. The van der Waals surface area contributed by atoms with Crippen LogP contribution in [0, 0.1) is 11.3 Å². The van der Waals surface area contributed by atoms with Crippen molar-refractivity contribution >= 4 is 40.4 Å². The molecule has 6 heteroatoms. The van der Waals surface area contributed by atoms with E-state index in [9.17, 15) is 0 Å². The smallest absolute Gasteiger partial charge is 0.148 e. The predicted octanol–water partition coefficient (Wildman–Crippen LogP) is 3.59. The minimum atomic E-state index is 0.362. The van der Waals surface area contributed by atoms with Crippen LogP contribution in [0.5, 0.6) is 0 Å². The Balaban J connectivity index is 2.34. The first-order chi connectivity index (χ1) is 8.60. The van der Waals surface area contributed by atoms with Gasteiger partial charge in [0.1, 0.15) is 11.9 Å². The molecule has 2 aromatic rings. The number of nitrogens with one attached hydrogen (secondary N) is 1. The van der Waals surface area contributed by atoms with Crippen LogP contribution in [0.4, 0.5) is 17.2 Å². The first-order valence-electron chi connectivity index (χ1n) is 4.98. The molecule has 0 saturated heterocycles. The Morgan fingerprint density at radius 2 is 2.00 bits per heavy atom. The molecule has 2 rings (SSSR count). The average molecular weight is 279 g/mol. The van der Waals surface area contributed by atoms with E-state index in [1.54, 1.807) is 24.3 Å². The lowest BCUT2D eigenvalue weighted by atomic mass is 10.2. The molecule has 0 radical (unpaired) electrons.